The van der Waals surface area contributed by atoms with Gasteiger partial charge >= 0.3 is 0 Å². The molecular weight excluding hydrogens is 306 g/mol. The molecule has 2 aliphatic heterocycles. The second-order valence-electron chi connectivity index (χ2n) is 5.66. The lowest BCUT2D eigenvalue weighted by Gasteiger charge is -2.29. The summed E-state index contributed by atoms with van der Waals surface area (Å²) in [7, 11) is -2.24. The predicted molar refractivity (Wildman–Crippen MR) is 79.8 cm³/mol. The summed E-state index contributed by atoms with van der Waals surface area (Å²) in [6.45, 7) is 3.27. The molecule has 0 bridgehead atoms. The van der Waals surface area contributed by atoms with Crippen LogP contribution >= 0.6 is 0 Å². The van der Waals surface area contributed by atoms with Gasteiger partial charge in [0.05, 0.1) is 12.7 Å². The quantitative estimate of drug-likeness (QED) is 0.757. The minimum absolute atomic E-state index is 0.136. The Labute approximate surface area is 130 Å². The highest BCUT2D eigenvalue weighted by Crippen LogP contribution is 2.22. The molecule has 1 N–H and O–H groups in total. The van der Waals surface area contributed by atoms with Crippen LogP contribution < -0.4 is 5.32 Å². The monoisotopic (exact) mass is 327 g/mol. The normalized spacial score (nSPS) is 18.7. The van der Waals surface area contributed by atoms with Crippen LogP contribution in [0.4, 0.5) is 0 Å². The number of amides is 1. The Morgan fingerprint density at radius 1 is 1.36 bits per heavy atom. The first kappa shape index (κ1) is 15.4. The Morgan fingerprint density at radius 3 is 2.82 bits per heavy atom. The lowest BCUT2D eigenvalue weighted by atomic mass is 10.3. The van der Waals surface area contributed by atoms with E-state index in [0.29, 0.717) is 19.6 Å². The van der Waals surface area contributed by atoms with E-state index in [1.54, 1.807) is 9.47 Å². The Kier molecular flexibility index (Phi) is 4.20. The van der Waals surface area contributed by atoms with Crippen molar-refractivity contribution in [2.45, 2.75) is 24.4 Å². The fourth-order valence-electron chi connectivity index (χ4n) is 2.89. The van der Waals surface area contributed by atoms with Crippen LogP contribution in [0.15, 0.2) is 11.2 Å². The van der Waals surface area contributed by atoms with Crippen LogP contribution in [0.2, 0.25) is 0 Å². The molecule has 22 heavy (non-hydrogen) atoms. The van der Waals surface area contributed by atoms with E-state index in [4.69, 9.17) is 0 Å². The first-order chi connectivity index (χ1) is 10.5. The highest BCUT2D eigenvalue weighted by atomic mass is 32.2. The molecule has 0 atom stereocenters. The Balaban J connectivity index is 1.72. The van der Waals surface area contributed by atoms with Crippen molar-refractivity contribution in [2.24, 2.45) is 0 Å². The average molecular weight is 327 g/mol. The van der Waals surface area contributed by atoms with Crippen LogP contribution in [0, 0.1) is 0 Å². The number of carbonyl (C=O) groups is 1. The van der Waals surface area contributed by atoms with Gasteiger partial charge in [-0.1, -0.05) is 0 Å². The maximum absolute atomic E-state index is 12.7. The number of hydrogen-bond acceptors (Lipinski definition) is 5. The molecule has 0 spiro atoms. The minimum atomic E-state index is -3.68. The van der Waals surface area contributed by atoms with Crippen LogP contribution in [0.1, 0.15) is 12.2 Å². The number of carbonyl (C=O) groups excluding carboxylic acids is 1. The molecule has 1 saturated heterocycles. The Morgan fingerprint density at radius 2 is 2.09 bits per heavy atom. The van der Waals surface area contributed by atoms with Crippen LogP contribution in [-0.4, -0.2) is 72.9 Å². The number of likely N-dealkylation sites (N-methyl/N-ethyl adjacent to an activating group) is 1. The molecular formula is C13H21N5O3S. The fourth-order valence-corrected chi connectivity index (χ4v) is 4.15. The molecule has 3 rings (SSSR count). The van der Waals surface area contributed by atoms with Crippen LogP contribution in [0.3, 0.4) is 0 Å². The van der Waals surface area contributed by atoms with Crippen molar-refractivity contribution < 1.29 is 13.2 Å². The molecule has 2 aliphatic rings. The number of fused-ring (bicyclic) bond motifs is 1. The van der Waals surface area contributed by atoms with Crippen molar-refractivity contribution in [1.82, 2.24) is 24.1 Å². The number of aryl methyl sites for hydroxylation is 1. The lowest BCUT2D eigenvalue weighted by molar-refractivity contribution is -0.131. The molecule has 1 fully saturated rings. The summed E-state index contributed by atoms with van der Waals surface area (Å²) in [6.07, 6.45) is 3.11. The number of hydrogen-bond donors (Lipinski definition) is 1. The van der Waals surface area contributed by atoms with E-state index >= 15 is 0 Å². The number of aromatic nitrogens is 2. The highest BCUT2D eigenvalue weighted by Gasteiger charge is 2.30. The second kappa shape index (κ2) is 5.98. The zero-order chi connectivity index (χ0) is 15.7. The van der Waals surface area contributed by atoms with Gasteiger partial charge in [-0.25, -0.2) is 13.4 Å². The lowest BCUT2D eigenvalue weighted by Crippen LogP contribution is -2.49. The van der Waals surface area contributed by atoms with Gasteiger partial charge in [0, 0.05) is 46.2 Å². The molecule has 9 heteroatoms. The first-order valence-corrected chi connectivity index (χ1v) is 8.93. The standard InChI is InChI=1S/C13H21N5O3S/c1-16(10-12(19)17-7-4-14-5-8-17)22(20,21)13-9-15-11-3-2-6-18(11)13/h9,14H,2-8,10H2,1H3. The van der Waals surface area contributed by atoms with Crippen LogP contribution in [0.25, 0.3) is 0 Å². The van der Waals surface area contributed by atoms with Crippen LogP contribution in [-0.2, 0) is 27.8 Å². The Bertz CT molecular complexity index is 663. The van der Waals surface area contributed by atoms with Gasteiger partial charge in [0.2, 0.25) is 5.91 Å². The topological polar surface area (TPSA) is 87.5 Å². The van der Waals surface area contributed by atoms with Gasteiger partial charge in [-0.15, -0.1) is 0 Å². The van der Waals surface area contributed by atoms with E-state index in [2.05, 4.69) is 10.3 Å². The first-order valence-electron chi connectivity index (χ1n) is 7.49. The van der Waals surface area contributed by atoms with E-state index in [-0.39, 0.29) is 17.5 Å². The molecule has 3 heterocycles. The van der Waals surface area contributed by atoms with Crippen molar-refractivity contribution >= 4 is 15.9 Å². The molecule has 0 aliphatic carbocycles. The number of nitrogens with one attached hydrogen (secondary N) is 1. The van der Waals surface area contributed by atoms with Crippen molar-refractivity contribution in [3.63, 3.8) is 0 Å². The summed E-state index contributed by atoms with van der Waals surface area (Å²) in [4.78, 5) is 18.1. The van der Waals surface area contributed by atoms with Gasteiger partial charge < -0.3 is 14.8 Å². The number of nitrogens with zero attached hydrogens (tertiary/aromatic N) is 4. The van der Waals surface area contributed by atoms with Crippen molar-refractivity contribution in [3.8, 4) is 0 Å². The molecule has 1 aromatic rings. The highest BCUT2D eigenvalue weighted by molar-refractivity contribution is 7.89. The molecule has 0 saturated carbocycles. The molecule has 1 aromatic heterocycles. The van der Waals surface area contributed by atoms with Crippen molar-refractivity contribution in [1.29, 1.82) is 0 Å². The van der Waals surface area contributed by atoms with Gasteiger partial charge in [-0.2, -0.15) is 4.31 Å². The van der Waals surface area contributed by atoms with Crippen LogP contribution in [0.5, 0.6) is 0 Å². The Hall–Kier alpha value is -1.45. The van der Waals surface area contributed by atoms with Crippen molar-refractivity contribution in [2.75, 3.05) is 39.8 Å². The number of rotatable bonds is 4. The number of piperazine rings is 1. The summed E-state index contributed by atoms with van der Waals surface area (Å²) in [5.41, 5.74) is 0. The summed E-state index contributed by atoms with van der Waals surface area (Å²) < 4.78 is 28.2. The van der Waals surface area contributed by atoms with E-state index in [0.717, 1.165) is 36.1 Å². The molecule has 0 unspecified atom stereocenters. The molecule has 0 radical (unpaired) electrons. The van der Waals surface area contributed by atoms with Gasteiger partial charge in [0.1, 0.15) is 5.82 Å². The SMILES string of the molecule is CN(CC(=O)N1CCNCC1)S(=O)(=O)c1cnc2n1CCC2. The van der Waals surface area contributed by atoms with Crippen molar-refractivity contribution in [3.05, 3.63) is 12.0 Å². The van der Waals surface area contributed by atoms with Gasteiger partial charge in [0.25, 0.3) is 10.0 Å². The zero-order valence-corrected chi connectivity index (χ0v) is 13.5. The van der Waals surface area contributed by atoms with E-state index in [1.165, 1.54) is 13.2 Å². The average Bonchev–Trinajstić information content (AvgIpc) is 3.10. The second-order valence-corrected chi connectivity index (χ2v) is 7.65. The minimum Gasteiger partial charge on any atom is -0.339 e. The van der Waals surface area contributed by atoms with Gasteiger partial charge in [-0.3, -0.25) is 4.79 Å². The summed E-state index contributed by atoms with van der Waals surface area (Å²) in [6, 6.07) is 0. The fraction of sp³-hybridized carbons (Fsp3) is 0.692. The third kappa shape index (κ3) is 2.75. The largest absolute Gasteiger partial charge is 0.339 e. The van der Waals surface area contributed by atoms with E-state index in [9.17, 15) is 13.2 Å². The summed E-state index contributed by atoms with van der Waals surface area (Å²) >= 11 is 0. The third-order valence-electron chi connectivity index (χ3n) is 4.19. The van der Waals surface area contributed by atoms with Gasteiger partial charge in [-0.05, 0) is 6.42 Å². The zero-order valence-electron chi connectivity index (χ0n) is 12.7. The molecule has 8 nitrogen and oxygen atoms in total. The predicted octanol–water partition coefficient (Wildman–Crippen LogP) is -1.12. The van der Waals surface area contributed by atoms with Gasteiger partial charge in [0.15, 0.2) is 5.03 Å². The van der Waals surface area contributed by atoms with E-state index in [1.807, 2.05) is 0 Å². The smallest absolute Gasteiger partial charge is 0.260 e. The summed E-state index contributed by atoms with van der Waals surface area (Å²) in [5, 5.41) is 3.36. The van der Waals surface area contributed by atoms with E-state index < -0.39 is 10.0 Å². The molecule has 122 valence electrons. The summed E-state index contributed by atoms with van der Waals surface area (Å²) in [5.74, 6) is 0.647. The molecule has 0 aromatic carbocycles. The third-order valence-corrected chi connectivity index (χ3v) is 5.99. The molecule has 1 amide bonds. The maximum Gasteiger partial charge on any atom is 0.260 e. The maximum atomic E-state index is 12.7. The number of imidazole rings is 1. The number of sulfonamides is 1.